The van der Waals surface area contributed by atoms with Crippen molar-refractivity contribution in [1.82, 2.24) is 0 Å². The summed E-state index contributed by atoms with van der Waals surface area (Å²) in [5.41, 5.74) is 4.54. The van der Waals surface area contributed by atoms with E-state index in [4.69, 9.17) is 35.0 Å². The summed E-state index contributed by atoms with van der Waals surface area (Å²) in [4.78, 5) is 9.60. The Balaban J connectivity index is -0.000000160. The van der Waals surface area contributed by atoms with Gasteiger partial charge in [-0.1, -0.05) is 0 Å². The van der Waals surface area contributed by atoms with Crippen molar-refractivity contribution in [3.63, 3.8) is 0 Å². The van der Waals surface area contributed by atoms with Crippen LogP contribution in [-0.2, 0) is 25.5 Å². The third kappa shape index (κ3) is 464. The minimum atomic E-state index is -4.67. The van der Waals surface area contributed by atoms with Gasteiger partial charge in [-0.2, -0.15) is 16.8 Å². The molecule has 1 amide bonds. The van der Waals surface area contributed by atoms with E-state index >= 15 is 0 Å². The van der Waals surface area contributed by atoms with Crippen molar-refractivity contribution < 1.29 is 44.6 Å². The highest BCUT2D eigenvalue weighted by Crippen LogP contribution is 1.66. The first-order valence-electron chi connectivity index (χ1n) is 3.09. The van der Waals surface area contributed by atoms with Crippen molar-refractivity contribution in [2.45, 2.75) is 6.92 Å². The van der Waals surface area contributed by atoms with Crippen LogP contribution in [0.3, 0.4) is 0 Å². The van der Waals surface area contributed by atoms with Gasteiger partial charge in [-0.3, -0.25) is 18.2 Å². The van der Waals surface area contributed by atoms with E-state index in [9.17, 15) is 4.79 Å². The van der Waals surface area contributed by atoms with Crippen LogP contribution in [-0.4, -0.2) is 47.7 Å². The molecule has 13 heteroatoms. The summed E-state index contributed by atoms with van der Waals surface area (Å²) in [5, 5.41) is 0. The molecule has 0 aliphatic heterocycles. The quantitative estimate of drug-likeness (QED) is 0.364. The first-order chi connectivity index (χ1) is 6.77. The van der Waals surface area contributed by atoms with Gasteiger partial charge in [0.2, 0.25) is 0 Å². The molecule has 0 heterocycles. The Morgan fingerprint density at radius 1 is 1.06 bits per heavy atom. The van der Waals surface area contributed by atoms with E-state index in [-0.39, 0.29) is 0 Å². The maximum Gasteiger partial charge on any atom is 0.404 e. The molecule has 0 fully saturated rings. The monoisotopic (exact) mass is 285 g/mol. The molecule has 0 rings (SSSR count). The van der Waals surface area contributed by atoms with Gasteiger partial charge in [-0.15, -0.1) is 0 Å². The van der Waals surface area contributed by atoms with Crippen LogP contribution in [0.4, 0.5) is 4.79 Å². The molecule has 0 atom stereocenters. The molecule has 0 aromatic heterocycles. The minimum absolute atomic E-state index is 0.356. The molecule has 0 radical (unpaired) electrons. The van der Waals surface area contributed by atoms with Crippen LogP contribution in [0.2, 0.25) is 0 Å². The van der Waals surface area contributed by atoms with E-state index in [0.29, 0.717) is 6.61 Å². The molecular weight excluding hydrogens is 274 g/mol. The first-order valence-corrected chi connectivity index (χ1v) is 5.88. The van der Waals surface area contributed by atoms with Gasteiger partial charge in [0.1, 0.15) is 0 Å². The van der Waals surface area contributed by atoms with Crippen molar-refractivity contribution in [3.8, 4) is 0 Å². The molecule has 0 spiro atoms. The fraction of sp³-hybridized carbons (Fsp3) is 0.667. The largest absolute Gasteiger partial charge is 0.450 e. The van der Waals surface area contributed by atoms with Crippen molar-refractivity contribution in [1.29, 1.82) is 0 Å². The zero-order valence-corrected chi connectivity index (χ0v) is 9.47. The summed E-state index contributed by atoms with van der Waals surface area (Å²) < 4.78 is 67.3. The lowest BCUT2D eigenvalue weighted by atomic mass is 10.9. The zero-order valence-electron chi connectivity index (χ0n) is 7.84. The number of carbonyl (C=O) groups is 1. The van der Waals surface area contributed by atoms with Gasteiger partial charge in [0.25, 0.3) is 0 Å². The average Bonchev–Trinajstić information content (AvgIpc) is 1.76. The van der Waals surface area contributed by atoms with Crippen LogP contribution in [0.15, 0.2) is 0 Å². The summed E-state index contributed by atoms with van der Waals surface area (Å²) in [6.07, 6.45) is -0.711. The Hall–Kier alpha value is -0.990. The smallest absolute Gasteiger partial charge is 0.404 e. The third-order valence-corrected chi connectivity index (χ3v) is 0.287. The van der Waals surface area contributed by atoms with Gasteiger partial charge in [0.05, 0.1) is 6.61 Å². The van der Waals surface area contributed by atoms with E-state index in [0.717, 1.165) is 0 Å². The summed E-state index contributed by atoms with van der Waals surface area (Å²) in [6, 6.07) is 0. The Kier molecular flexibility index (Phi) is 11.8. The summed E-state index contributed by atoms with van der Waals surface area (Å²) in [7, 11) is -9.33. The SMILES string of the molecule is CCOC(N)=O.O=S(=O)(O)O.O=S(=O)(O)O. The van der Waals surface area contributed by atoms with E-state index in [1.807, 2.05) is 0 Å². The number of amides is 1. The van der Waals surface area contributed by atoms with Crippen molar-refractivity contribution in [3.05, 3.63) is 0 Å². The lowest BCUT2D eigenvalue weighted by Crippen LogP contribution is -2.11. The Morgan fingerprint density at radius 2 is 1.25 bits per heavy atom. The van der Waals surface area contributed by atoms with Crippen LogP contribution in [0.5, 0.6) is 0 Å². The van der Waals surface area contributed by atoms with Crippen LogP contribution >= 0.6 is 0 Å². The van der Waals surface area contributed by atoms with Crippen molar-refractivity contribution in [2.24, 2.45) is 5.73 Å². The zero-order chi connectivity index (χ0) is 14.0. The standard InChI is InChI=1S/C3H7NO2.2H2O4S/c1-2-6-3(4)5;2*1-5(2,3)4/h2H2,1H3,(H2,4,5);2*(H2,1,2,3,4). The van der Waals surface area contributed by atoms with Gasteiger partial charge < -0.3 is 10.5 Å². The van der Waals surface area contributed by atoms with E-state index in [2.05, 4.69) is 10.5 Å². The second-order valence-electron chi connectivity index (χ2n) is 1.65. The van der Waals surface area contributed by atoms with E-state index in [1.165, 1.54) is 0 Å². The molecule has 0 aromatic carbocycles. The molecule has 100 valence electrons. The molecular formula is C3H11NO10S2. The Labute approximate surface area is 91.4 Å². The predicted molar refractivity (Wildman–Crippen MR) is 49.6 cm³/mol. The minimum Gasteiger partial charge on any atom is -0.450 e. The summed E-state index contributed by atoms with van der Waals surface area (Å²) >= 11 is 0. The number of primary amides is 1. The van der Waals surface area contributed by atoms with Crippen molar-refractivity contribution in [2.75, 3.05) is 6.61 Å². The summed E-state index contributed by atoms with van der Waals surface area (Å²) in [5.74, 6) is 0. The number of rotatable bonds is 1. The highest BCUT2D eigenvalue weighted by molar-refractivity contribution is 7.80. The molecule has 16 heavy (non-hydrogen) atoms. The number of nitrogens with two attached hydrogens (primary N) is 1. The van der Waals surface area contributed by atoms with Crippen LogP contribution < -0.4 is 5.73 Å². The van der Waals surface area contributed by atoms with Gasteiger partial charge >= 0.3 is 26.9 Å². The van der Waals surface area contributed by atoms with Crippen LogP contribution in [0.1, 0.15) is 6.92 Å². The fourth-order valence-electron chi connectivity index (χ4n) is 0.142. The number of carbonyl (C=O) groups excluding carboxylic acids is 1. The molecule has 0 bridgehead atoms. The first kappa shape index (κ1) is 20.4. The molecule has 0 aliphatic rings. The molecule has 6 N–H and O–H groups in total. The predicted octanol–water partition coefficient (Wildman–Crippen LogP) is -1.20. The third-order valence-electron chi connectivity index (χ3n) is 0.287. The van der Waals surface area contributed by atoms with Gasteiger partial charge in [0, 0.05) is 0 Å². The van der Waals surface area contributed by atoms with E-state index in [1.54, 1.807) is 6.92 Å². The number of ether oxygens (including phenoxy) is 1. The topological polar surface area (TPSA) is 202 Å². The highest BCUT2D eigenvalue weighted by atomic mass is 32.3. The second kappa shape index (κ2) is 9.25. The maximum absolute atomic E-state index is 9.60. The number of hydrogen-bond acceptors (Lipinski definition) is 6. The van der Waals surface area contributed by atoms with Gasteiger partial charge in [-0.05, 0) is 6.92 Å². The lowest BCUT2D eigenvalue weighted by Gasteiger charge is -1.89. The molecule has 0 unspecified atom stereocenters. The average molecular weight is 285 g/mol. The molecule has 0 saturated heterocycles. The van der Waals surface area contributed by atoms with Crippen LogP contribution in [0, 0.1) is 0 Å². The van der Waals surface area contributed by atoms with Gasteiger partial charge in [0.15, 0.2) is 0 Å². The molecule has 0 aliphatic carbocycles. The fourth-order valence-corrected chi connectivity index (χ4v) is 0.142. The van der Waals surface area contributed by atoms with Crippen molar-refractivity contribution >= 4 is 26.9 Å². The maximum atomic E-state index is 9.60. The second-order valence-corrected chi connectivity index (χ2v) is 3.44. The molecule has 11 nitrogen and oxygen atoms in total. The molecule has 0 saturated carbocycles. The molecule has 0 aromatic rings. The number of hydrogen-bond donors (Lipinski definition) is 5. The Bertz CT molecular complexity index is 321. The highest BCUT2D eigenvalue weighted by Gasteiger charge is 1.85. The van der Waals surface area contributed by atoms with E-state index < -0.39 is 26.9 Å². The van der Waals surface area contributed by atoms with Crippen LogP contribution in [0.25, 0.3) is 0 Å². The normalized spacial score (nSPS) is 10.1. The lowest BCUT2D eigenvalue weighted by molar-refractivity contribution is 0.163. The Morgan fingerprint density at radius 3 is 1.25 bits per heavy atom. The van der Waals surface area contributed by atoms with Gasteiger partial charge in [-0.25, -0.2) is 4.79 Å². The summed E-state index contributed by atoms with van der Waals surface area (Å²) in [6.45, 7) is 2.06.